The molecule has 0 fully saturated rings. The van der Waals surface area contributed by atoms with Crippen LogP contribution in [0.5, 0.6) is 0 Å². The first-order valence-corrected chi connectivity index (χ1v) is 10.2. The lowest BCUT2D eigenvalue weighted by molar-refractivity contribution is -0.143. The first kappa shape index (κ1) is 22.4. The van der Waals surface area contributed by atoms with Crippen molar-refractivity contribution in [1.29, 1.82) is 0 Å². The first-order chi connectivity index (χ1) is 14.0. The van der Waals surface area contributed by atoms with Gasteiger partial charge in [-0.25, -0.2) is 0 Å². The first-order valence-electron chi connectivity index (χ1n) is 10.2. The molecule has 0 amide bonds. The van der Waals surface area contributed by atoms with Crippen LogP contribution in [0.2, 0.25) is 0 Å². The van der Waals surface area contributed by atoms with Crippen LogP contribution in [0.15, 0.2) is 35.9 Å². The lowest BCUT2D eigenvalue weighted by Gasteiger charge is -2.18. The monoisotopic (exact) mass is 426 g/mol. The Morgan fingerprint density at radius 2 is 1.43 bits per heavy atom. The molecule has 0 unspecified atom stereocenters. The van der Waals surface area contributed by atoms with E-state index in [1.165, 1.54) is 5.57 Å². The van der Waals surface area contributed by atoms with Gasteiger partial charge in [-0.2, -0.15) is 26.3 Å². The fourth-order valence-corrected chi connectivity index (χ4v) is 4.01. The van der Waals surface area contributed by atoms with E-state index in [1.54, 1.807) is 0 Å². The van der Waals surface area contributed by atoms with Crippen molar-refractivity contribution in [3.63, 3.8) is 0 Å². The maximum Gasteiger partial charge on any atom is 0.416 e. The lowest BCUT2D eigenvalue weighted by Crippen LogP contribution is -2.11. The minimum atomic E-state index is -4.86. The molecule has 0 radical (unpaired) electrons. The Kier molecular flexibility index (Phi) is 6.34. The van der Waals surface area contributed by atoms with E-state index in [0.29, 0.717) is 18.4 Å². The molecule has 0 spiro atoms. The van der Waals surface area contributed by atoms with E-state index >= 15 is 0 Å². The minimum absolute atomic E-state index is 0.0227. The number of unbranched alkanes of at least 4 members (excludes halogenated alkanes) is 1. The van der Waals surface area contributed by atoms with E-state index in [-0.39, 0.29) is 11.6 Å². The van der Waals surface area contributed by atoms with Gasteiger partial charge in [-0.3, -0.25) is 0 Å². The van der Waals surface area contributed by atoms with Crippen LogP contribution in [0, 0.1) is 0 Å². The third kappa shape index (κ3) is 4.73. The number of fused-ring (bicyclic) bond motifs is 1. The Morgan fingerprint density at radius 3 is 1.97 bits per heavy atom. The van der Waals surface area contributed by atoms with Crippen LogP contribution in [0.25, 0.3) is 17.2 Å². The largest absolute Gasteiger partial charge is 0.416 e. The molecule has 1 aliphatic carbocycles. The van der Waals surface area contributed by atoms with Crippen molar-refractivity contribution in [3.05, 3.63) is 63.7 Å². The fourth-order valence-electron chi connectivity index (χ4n) is 4.01. The summed E-state index contributed by atoms with van der Waals surface area (Å²) in [4.78, 5) is 0. The third-order valence-corrected chi connectivity index (χ3v) is 5.44. The zero-order valence-electron chi connectivity index (χ0n) is 17.0. The van der Waals surface area contributed by atoms with Crippen molar-refractivity contribution < 1.29 is 26.3 Å². The molecule has 0 aliphatic heterocycles. The molecule has 0 heterocycles. The van der Waals surface area contributed by atoms with Gasteiger partial charge in [0.2, 0.25) is 0 Å². The second-order valence-electron chi connectivity index (χ2n) is 7.80. The molecule has 0 atom stereocenters. The molecule has 2 aromatic carbocycles. The number of halogens is 6. The summed E-state index contributed by atoms with van der Waals surface area (Å²) < 4.78 is 80.4. The normalized spacial score (nSPS) is 14.1. The molecular formula is C24H24F6. The van der Waals surface area contributed by atoms with Gasteiger partial charge in [0.05, 0.1) is 11.1 Å². The summed E-state index contributed by atoms with van der Waals surface area (Å²) in [6.45, 7) is 4.02. The van der Waals surface area contributed by atoms with Crippen LogP contribution in [0.1, 0.15) is 67.3 Å². The highest BCUT2D eigenvalue weighted by Crippen LogP contribution is 2.43. The van der Waals surface area contributed by atoms with Gasteiger partial charge in [0, 0.05) is 0 Å². The summed E-state index contributed by atoms with van der Waals surface area (Å²) in [5.41, 5.74) is 1.59. The molecule has 0 N–H and O–H groups in total. The molecular weight excluding hydrogens is 402 g/mol. The highest BCUT2D eigenvalue weighted by molar-refractivity contribution is 5.83. The number of alkyl halides is 6. The predicted molar refractivity (Wildman–Crippen MR) is 107 cm³/mol. The molecule has 0 saturated heterocycles. The zero-order valence-corrected chi connectivity index (χ0v) is 17.0. The molecule has 0 aromatic heterocycles. The summed E-state index contributed by atoms with van der Waals surface area (Å²) >= 11 is 0. The summed E-state index contributed by atoms with van der Waals surface area (Å²) in [6, 6.07) is 5.69. The van der Waals surface area contributed by atoms with Gasteiger partial charge in [0.1, 0.15) is 0 Å². The minimum Gasteiger partial charge on any atom is -0.166 e. The van der Waals surface area contributed by atoms with Gasteiger partial charge < -0.3 is 0 Å². The number of allylic oxidation sites excluding steroid dienone is 1. The summed E-state index contributed by atoms with van der Waals surface area (Å²) in [5.74, 6) is 0. The van der Waals surface area contributed by atoms with E-state index in [4.69, 9.17) is 0 Å². The van der Waals surface area contributed by atoms with Crippen LogP contribution in [0.4, 0.5) is 26.3 Å². The highest BCUT2D eigenvalue weighted by Gasteiger charge is 2.37. The van der Waals surface area contributed by atoms with Crippen molar-refractivity contribution in [2.45, 2.75) is 64.7 Å². The maximum absolute atomic E-state index is 13.4. The number of aryl methyl sites for hydroxylation is 1. The third-order valence-electron chi connectivity index (χ3n) is 5.44. The Morgan fingerprint density at radius 1 is 0.800 bits per heavy atom. The van der Waals surface area contributed by atoms with Gasteiger partial charge in [0.15, 0.2) is 0 Å². The van der Waals surface area contributed by atoms with Crippen LogP contribution < -0.4 is 0 Å². The molecule has 2 aromatic rings. The van der Waals surface area contributed by atoms with Crippen LogP contribution in [0.3, 0.4) is 0 Å². The van der Waals surface area contributed by atoms with Gasteiger partial charge in [-0.05, 0) is 71.7 Å². The number of rotatable bonds is 6. The Balaban J connectivity index is 2.24. The highest BCUT2D eigenvalue weighted by atomic mass is 19.4. The van der Waals surface area contributed by atoms with Crippen molar-refractivity contribution >= 4 is 6.08 Å². The van der Waals surface area contributed by atoms with E-state index in [1.807, 2.05) is 25.1 Å². The second kappa shape index (κ2) is 8.48. The van der Waals surface area contributed by atoms with E-state index in [9.17, 15) is 26.3 Å². The van der Waals surface area contributed by atoms with Crippen molar-refractivity contribution in [2.24, 2.45) is 0 Å². The predicted octanol–water partition coefficient (Wildman–Crippen LogP) is 8.47. The average Bonchev–Trinajstić information content (AvgIpc) is 3.07. The maximum atomic E-state index is 13.4. The Hall–Kier alpha value is -2.24. The summed E-state index contributed by atoms with van der Waals surface area (Å²) in [5, 5.41) is 0. The fraction of sp³-hybridized carbons (Fsp3) is 0.417. The van der Waals surface area contributed by atoms with Crippen molar-refractivity contribution in [2.75, 3.05) is 0 Å². The SMILES string of the molecule is CCCCC1=Cc2c(ccc(CCC)c2-c2cc(C(F)(F)F)cc(C(F)(F)F)c2)C1. The van der Waals surface area contributed by atoms with Crippen LogP contribution >= 0.6 is 0 Å². The van der Waals surface area contributed by atoms with Gasteiger partial charge >= 0.3 is 12.4 Å². The molecule has 1 aliphatic rings. The van der Waals surface area contributed by atoms with E-state index < -0.39 is 23.5 Å². The molecule has 30 heavy (non-hydrogen) atoms. The van der Waals surface area contributed by atoms with Crippen molar-refractivity contribution in [1.82, 2.24) is 0 Å². The standard InChI is InChI=1S/C24H24F6/c1-3-5-7-15-10-17-9-8-16(6-4-2)22(21(17)11-15)18-12-19(23(25,26)27)14-20(13-18)24(28,29)30/h8-9,11-14H,3-7,10H2,1-2H3. The smallest absolute Gasteiger partial charge is 0.166 e. The van der Waals surface area contributed by atoms with Crippen molar-refractivity contribution in [3.8, 4) is 11.1 Å². The summed E-state index contributed by atoms with van der Waals surface area (Å²) in [7, 11) is 0. The molecule has 0 bridgehead atoms. The molecule has 0 nitrogen and oxygen atoms in total. The molecule has 3 rings (SSSR count). The van der Waals surface area contributed by atoms with Gasteiger partial charge in [-0.15, -0.1) is 0 Å². The molecule has 6 heteroatoms. The summed E-state index contributed by atoms with van der Waals surface area (Å²) in [6.07, 6.45) is -2.84. The van der Waals surface area contributed by atoms with E-state index in [2.05, 4.69) is 6.92 Å². The van der Waals surface area contributed by atoms with Gasteiger partial charge in [-0.1, -0.05) is 50.5 Å². The number of hydrogen-bond donors (Lipinski definition) is 0. The topological polar surface area (TPSA) is 0 Å². The Labute approximate surface area is 172 Å². The van der Waals surface area contributed by atoms with Crippen LogP contribution in [-0.4, -0.2) is 0 Å². The number of benzene rings is 2. The quantitative estimate of drug-likeness (QED) is 0.406. The van der Waals surface area contributed by atoms with E-state index in [0.717, 1.165) is 54.5 Å². The lowest BCUT2D eigenvalue weighted by atomic mass is 9.88. The Bertz CT molecular complexity index is 915. The second-order valence-corrected chi connectivity index (χ2v) is 7.80. The van der Waals surface area contributed by atoms with Crippen LogP contribution in [-0.2, 0) is 25.2 Å². The molecule has 0 saturated carbocycles. The molecule has 162 valence electrons. The average molecular weight is 426 g/mol. The van der Waals surface area contributed by atoms with Gasteiger partial charge in [0.25, 0.3) is 0 Å². The zero-order chi connectivity index (χ0) is 22.1. The number of hydrogen-bond acceptors (Lipinski definition) is 0.